The smallest absolute Gasteiger partial charge is 0.161 e. The zero-order valence-corrected chi connectivity index (χ0v) is 16.9. The lowest BCUT2D eigenvalue weighted by atomic mass is 9.79. The van der Waals surface area contributed by atoms with Gasteiger partial charge in [0, 0.05) is 19.1 Å². The lowest BCUT2D eigenvalue weighted by Crippen LogP contribution is -2.48. The minimum absolute atomic E-state index is 0.248. The highest BCUT2D eigenvalue weighted by Gasteiger charge is 2.38. The number of ether oxygens (including phenoxy) is 2. The monoisotopic (exact) mass is 379 g/mol. The van der Waals surface area contributed by atoms with Crippen molar-refractivity contribution in [2.75, 3.05) is 33.5 Å². The summed E-state index contributed by atoms with van der Waals surface area (Å²) in [6, 6.07) is 4.43. The van der Waals surface area contributed by atoms with Crippen molar-refractivity contribution < 1.29 is 19.0 Å². The van der Waals surface area contributed by atoms with Gasteiger partial charge in [-0.15, -0.1) is 0 Å². The zero-order valence-electron chi connectivity index (χ0n) is 16.9. The maximum atomic E-state index is 12.3. The molecule has 152 valence electrons. The van der Waals surface area contributed by atoms with Gasteiger partial charge in [0.1, 0.15) is 0 Å². The minimum atomic E-state index is -0.303. The van der Waals surface area contributed by atoms with E-state index in [9.17, 15) is 9.50 Å². The number of aliphatic hydroxyl groups excluding tert-OH is 1. The fraction of sp³-hybridized carbons (Fsp3) is 0.727. The van der Waals surface area contributed by atoms with Crippen LogP contribution in [0.15, 0.2) is 12.1 Å². The van der Waals surface area contributed by atoms with Gasteiger partial charge in [-0.1, -0.05) is 13.8 Å². The molecule has 1 aromatic carbocycles. The number of methoxy groups -OCH3 is 1. The number of halogens is 1. The van der Waals surface area contributed by atoms with Gasteiger partial charge in [0.2, 0.25) is 0 Å². The highest BCUT2D eigenvalue weighted by Crippen LogP contribution is 2.43. The van der Waals surface area contributed by atoms with Crippen molar-refractivity contribution in [2.24, 2.45) is 11.8 Å². The quantitative estimate of drug-likeness (QED) is 0.689. The van der Waals surface area contributed by atoms with Crippen LogP contribution in [0.1, 0.15) is 56.7 Å². The molecule has 4 nitrogen and oxygen atoms in total. The Morgan fingerprint density at radius 3 is 2.78 bits per heavy atom. The SMILES string of the molecule is COc1cc2c(cc1OCCCCF)CCN1CC(CC(C)C)C(O)CC21. The van der Waals surface area contributed by atoms with Gasteiger partial charge in [-0.25, -0.2) is 0 Å². The average molecular weight is 380 g/mol. The molecule has 3 rings (SSSR count). The van der Waals surface area contributed by atoms with Crippen molar-refractivity contribution >= 4 is 0 Å². The van der Waals surface area contributed by atoms with E-state index in [1.807, 2.05) is 0 Å². The molecule has 1 saturated heterocycles. The molecule has 0 aromatic heterocycles. The third-order valence-electron chi connectivity index (χ3n) is 5.93. The number of hydrogen-bond donors (Lipinski definition) is 1. The van der Waals surface area contributed by atoms with Gasteiger partial charge in [0.15, 0.2) is 11.5 Å². The molecule has 5 heteroatoms. The number of unbranched alkanes of at least 4 members (excludes halogenated alkanes) is 1. The summed E-state index contributed by atoms with van der Waals surface area (Å²) < 4.78 is 23.7. The standard InChI is InChI=1S/C22H34FNO3/c1-15(2)10-17-14-24-8-6-16-11-22(27-9-5-4-7-23)21(26-3)12-18(16)19(24)13-20(17)25/h11-12,15,17,19-20,25H,4-10,13-14H2,1-3H3. The number of piperidine rings is 1. The Balaban J connectivity index is 1.76. The third kappa shape index (κ3) is 4.75. The number of benzene rings is 1. The number of aliphatic hydroxyl groups is 1. The third-order valence-corrected chi connectivity index (χ3v) is 5.93. The van der Waals surface area contributed by atoms with Crippen LogP contribution in [0.4, 0.5) is 4.39 Å². The van der Waals surface area contributed by atoms with Crippen LogP contribution in [0.25, 0.3) is 0 Å². The first-order chi connectivity index (χ1) is 13.0. The second kappa shape index (κ2) is 9.24. The first-order valence-corrected chi connectivity index (χ1v) is 10.3. The summed E-state index contributed by atoms with van der Waals surface area (Å²) >= 11 is 0. The molecule has 2 aliphatic rings. The predicted molar refractivity (Wildman–Crippen MR) is 105 cm³/mol. The number of alkyl halides is 1. The molecule has 0 bridgehead atoms. The van der Waals surface area contributed by atoms with Gasteiger partial charge in [0.25, 0.3) is 0 Å². The molecule has 1 aromatic rings. The molecule has 3 unspecified atom stereocenters. The van der Waals surface area contributed by atoms with E-state index in [0.717, 1.165) is 43.9 Å². The maximum Gasteiger partial charge on any atom is 0.161 e. The second-order valence-electron chi connectivity index (χ2n) is 8.40. The van der Waals surface area contributed by atoms with Crippen LogP contribution in [-0.4, -0.2) is 49.6 Å². The average Bonchev–Trinajstić information content (AvgIpc) is 2.65. The van der Waals surface area contributed by atoms with E-state index in [2.05, 4.69) is 30.9 Å². The molecule has 3 atom stereocenters. The van der Waals surface area contributed by atoms with Crippen LogP contribution in [0.5, 0.6) is 11.5 Å². The Kier molecular flexibility index (Phi) is 6.99. The van der Waals surface area contributed by atoms with Crippen LogP contribution in [0.2, 0.25) is 0 Å². The van der Waals surface area contributed by atoms with Crippen molar-refractivity contribution in [1.29, 1.82) is 0 Å². The maximum absolute atomic E-state index is 12.3. The van der Waals surface area contributed by atoms with Gasteiger partial charge in [-0.05, 0) is 67.2 Å². The van der Waals surface area contributed by atoms with Crippen molar-refractivity contribution in [3.05, 3.63) is 23.3 Å². The van der Waals surface area contributed by atoms with E-state index in [1.165, 1.54) is 11.1 Å². The normalized spacial score (nSPS) is 25.2. The molecule has 2 aliphatic heterocycles. The molecule has 0 aliphatic carbocycles. The van der Waals surface area contributed by atoms with Crippen LogP contribution in [0.3, 0.4) is 0 Å². The number of nitrogens with zero attached hydrogens (tertiary/aromatic N) is 1. The molecule has 27 heavy (non-hydrogen) atoms. The van der Waals surface area contributed by atoms with Crippen LogP contribution >= 0.6 is 0 Å². The Morgan fingerprint density at radius 2 is 2.07 bits per heavy atom. The Bertz CT molecular complexity index is 622. The highest BCUT2D eigenvalue weighted by molar-refractivity contribution is 5.49. The summed E-state index contributed by atoms with van der Waals surface area (Å²) in [5.74, 6) is 2.45. The molecular weight excluding hydrogens is 345 g/mol. The zero-order chi connectivity index (χ0) is 19.4. The molecule has 0 amide bonds. The molecule has 1 N–H and O–H groups in total. The summed E-state index contributed by atoms with van der Waals surface area (Å²) in [6.45, 7) is 6.64. The fourth-order valence-corrected chi connectivity index (χ4v) is 4.59. The van der Waals surface area contributed by atoms with Crippen molar-refractivity contribution in [3.63, 3.8) is 0 Å². The first-order valence-electron chi connectivity index (χ1n) is 10.3. The van der Waals surface area contributed by atoms with E-state index in [0.29, 0.717) is 31.3 Å². The van der Waals surface area contributed by atoms with Crippen molar-refractivity contribution in [1.82, 2.24) is 4.90 Å². The Labute approximate surface area is 162 Å². The van der Waals surface area contributed by atoms with Crippen molar-refractivity contribution in [3.8, 4) is 11.5 Å². The van der Waals surface area contributed by atoms with Gasteiger partial charge in [0.05, 0.1) is 26.5 Å². The summed E-state index contributed by atoms with van der Waals surface area (Å²) in [4.78, 5) is 2.53. The Hall–Kier alpha value is -1.33. The largest absolute Gasteiger partial charge is 0.493 e. The van der Waals surface area contributed by atoms with E-state index >= 15 is 0 Å². The molecular formula is C22H34FNO3. The van der Waals surface area contributed by atoms with Gasteiger partial charge >= 0.3 is 0 Å². The molecule has 2 heterocycles. The van der Waals surface area contributed by atoms with E-state index in [1.54, 1.807) is 7.11 Å². The molecule has 0 radical (unpaired) electrons. The second-order valence-corrected chi connectivity index (χ2v) is 8.40. The summed E-state index contributed by atoms with van der Waals surface area (Å²) in [5, 5.41) is 10.7. The van der Waals surface area contributed by atoms with E-state index < -0.39 is 0 Å². The van der Waals surface area contributed by atoms with Gasteiger partial charge in [-0.3, -0.25) is 9.29 Å². The lowest BCUT2D eigenvalue weighted by Gasteiger charge is -2.46. The van der Waals surface area contributed by atoms with Crippen LogP contribution < -0.4 is 9.47 Å². The number of fused-ring (bicyclic) bond motifs is 3. The highest BCUT2D eigenvalue weighted by atomic mass is 19.1. The van der Waals surface area contributed by atoms with Gasteiger partial charge < -0.3 is 14.6 Å². The van der Waals surface area contributed by atoms with E-state index in [-0.39, 0.29) is 18.8 Å². The van der Waals surface area contributed by atoms with Gasteiger partial charge in [-0.2, -0.15) is 0 Å². The number of rotatable bonds is 8. The lowest BCUT2D eigenvalue weighted by molar-refractivity contribution is -0.0191. The number of hydrogen-bond acceptors (Lipinski definition) is 4. The van der Waals surface area contributed by atoms with Crippen LogP contribution in [0, 0.1) is 11.8 Å². The summed E-state index contributed by atoms with van der Waals surface area (Å²) in [5.41, 5.74) is 2.54. The molecule has 0 spiro atoms. The minimum Gasteiger partial charge on any atom is -0.493 e. The van der Waals surface area contributed by atoms with Crippen LogP contribution in [-0.2, 0) is 6.42 Å². The fourth-order valence-electron chi connectivity index (χ4n) is 4.59. The van der Waals surface area contributed by atoms with E-state index in [4.69, 9.17) is 9.47 Å². The first kappa shape index (κ1) is 20.4. The predicted octanol–water partition coefficient (Wildman–Crippen LogP) is 4.15. The molecule has 1 fully saturated rings. The Morgan fingerprint density at radius 1 is 1.26 bits per heavy atom. The molecule has 0 saturated carbocycles. The summed E-state index contributed by atoms with van der Waals surface area (Å²) in [6.07, 6.45) is 3.83. The summed E-state index contributed by atoms with van der Waals surface area (Å²) in [7, 11) is 1.66. The topological polar surface area (TPSA) is 41.9 Å². The van der Waals surface area contributed by atoms with Crippen molar-refractivity contribution in [2.45, 2.75) is 58.1 Å².